The zero-order chi connectivity index (χ0) is 12.1. The summed E-state index contributed by atoms with van der Waals surface area (Å²) < 4.78 is 0. The predicted molar refractivity (Wildman–Crippen MR) is 68.8 cm³/mol. The lowest BCUT2D eigenvalue weighted by molar-refractivity contribution is 0.804. The molecule has 1 aromatic carbocycles. The van der Waals surface area contributed by atoms with Gasteiger partial charge in [-0.1, -0.05) is 6.07 Å². The first-order chi connectivity index (χ1) is 7.56. The molecule has 0 N–H and O–H groups in total. The molecule has 0 saturated heterocycles. The summed E-state index contributed by atoms with van der Waals surface area (Å²) in [7, 11) is 2.09. The van der Waals surface area contributed by atoms with Crippen LogP contribution in [0.2, 0.25) is 0 Å². The molecule has 0 bridgehead atoms. The fraction of sp³-hybridized carbons (Fsp3) is 0.500. The van der Waals surface area contributed by atoms with Gasteiger partial charge in [0.25, 0.3) is 0 Å². The zero-order valence-corrected chi connectivity index (χ0v) is 10.7. The van der Waals surface area contributed by atoms with E-state index in [1.54, 1.807) is 0 Å². The van der Waals surface area contributed by atoms with Crippen molar-refractivity contribution in [1.82, 2.24) is 0 Å². The molecule has 0 saturated carbocycles. The summed E-state index contributed by atoms with van der Waals surface area (Å²) >= 11 is 0. The highest BCUT2D eigenvalue weighted by atomic mass is 15.1. The van der Waals surface area contributed by atoms with Crippen LogP contribution in [0.1, 0.15) is 29.5 Å². The third kappa shape index (κ3) is 3.00. The van der Waals surface area contributed by atoms with E-state index in [2.05, 4.69) is 50.9 Å². The topological polar surface area (TPSA) is 27.0 Å². The standard InChI is InChI=1S/C14H20N2/c1-11-9-13(3)14(10-12(11)2)16(4)8-6-5-7-15/h9-10H,5-6,8H2,1-4H3. The first-order valence-electron chi connectivity index (χ1n) is 5.72. The maximum atomic E-state index is 8.52. The third-order valence-corrected chi connectivity index (χ3v) is 3.01. The molecule has 0 fully saturated rings. The Morgan fingerprint density at radius 1 is 1.12 bits per heavy atom. The van der Waals surface area contributed by atoms with Crippen LogP contribution in [0.15, 0.2) is 12.1 Å². The van der Waals surface area contributed by atoms with E-state index in [1.165, 1.54) is 22.4 Å². The lowest BCUT2D eigenvalue weighted by Gasteiger charge is -2.22. The van der Waals surface area contributed by atoms with Gasteiger partial charge < -0.3 is 4.90 Å². The van der Waals surface area contributed by atoms with Crippen molar-refractivity contribution in [1.29, 1.82) is 5.26 Å². The molecular formula is C14H20N2. The van der Waals surface area contributed by atoms with E-state index in [9.17, 15) is 0 Å². The van der Waals surface area contributed by atoms with E-state index >= 15 is 0 Å². The maximum Gasteiger partial charge on any atom is 0.0622 e. The second-order valence-corrected chi connectivity index (χ2v) is 4.41. The van der Waals surface area contributed by atoms with Crippen molar-refractivity contribution in [2.75, 3.05) is 18.5 Å². The fourth-order valence-electron chi connectivity index (χ4n) is 1.87. The number of nitriles is 1. The Morgan fingerprint density at radius 3 is 2.38 bits per heavy atom. The first kappa shape index (κ1) is 12.6. The number of hydrogen-bond acceptors (Lipinski definition) is 2. The fourth-order valence-corrected chi connectivity index (χ4v) is 1.87. The summed E-state index contributed by atoms with van der Waals surface area (Å²) in [5, 5.41) is 8.52. The molecule has 2 heteroatoms. The van der Waals surface area contributed by atoms with Gasteiger partial charge in [-0.15, -0.1) is 0 Å². The highest BCUT2D eigenvalue weighted by Crippen LogP contribution is 2.23. The molecule has 0 aromatic heterocycles. The average Bonchev–Trinajstić information content (AvgIpc) is 2.23. The van der Waals surface area contributed by atoms with Crippen LogP contribution in [0.4, 0.5) is 5.69 Å². The second-order valence-electron chi connectivity index (χ2n) is 4.41. The van der Waals surface area contributed by atoms with Crippen molar-refractivity contribution in [2.24, 2.45) is 0 Å². The smallest absolute Gasteiger partial charge is 0.0622 e. The summed E-state index contributed by atoms with van der Waals surface area (Å²) in [6.45, 7) is 7.36. The van der Waals surface area contributed by atoms with Gasteiger partial charge >= 0.3 is 0 Å². The molecule has 0 aliphatic rings. The molecule has 86 valence electrons. The summed E-state index contributed by atoms with van der Waals surface area (Å²) in [4.78, 5) is 2.24. The number of nitrogens with zero attached hydrogens (tertiary/aromatic N) is 2. The molecule has 2 nitrogen and oxygen atoms in total. The summed E-state index contributed by atoms with van der Waals surface area (Å²) in [5.41, 5.74) is 5.25. The van der Waals surface area contributed by atoms with Crippen LogP contribution in [0, 0.1) is 32.1 Å². The average molecular weight is 216 g/mol. The van der Waals surface area contributed by atoms with Crippen molar-refractivity contribution in [3.63, 3.8) is 0 Å². The number of anilines is 1. The van der Waals surface area contributed by atoms with E-state index in [1.807, 2.05) is 0 Å². The Labute approximate surface area is 98.5 Å². The predicted octanol–water partition coefficient (Wildman–Crippen LogP) is 3.35. The molecular weight excluding hydrogens is 196 g/mol. The van der Waals surface area contributed by atoms with Gasteiger partial charge in [-0.3, -0.25) is 0 Å². The van der Waals surface area contributed by atoms with E-state index < -0.39 is 0 Å². The van der Waals surface area contributed by atoms with Gasteiger partial charge in [0.05, 0.1) is 6.07 Å². The lowest BCUT2D eigenvalue weighted by atomic mass is 10.0. The molecule has 16 heavy (non-hydrogen) atoms. The number of aryl methyl sites for hydroxylation is 3. The van der Waals surface area contributed by atoms with Crippen LogP contribution >= 0.6 is 0 Å². The normalized spacial score (nSPS) is 9.94. The lowest BCUT2D eigenvalue weighted by Crippen LogP contribution is -2.19. The highest BCUT2D eigenvalue weighted by molar-refractivity contribution is 5.56. The number of rotatable bonds is 4. The summed E-state index contributed by atoms with van der Waals surface area (Å²) in [6, 6.07) is 6.64. The van der Waals surface area contributed by atoms with Crippen LogP contribution in [-0.4, -0.2) is 13.6 Å². The molecule has 0 amide bonds. The van der Waals surface area contributed by atoms with Gasteiger partial charge in [0, 0.05) is 25.7 Å². The minimum Gasteiger partial charge on any atom is -0.374 e. The van der Waals surface area contributed by atoms with Gasteiger partial charge in [-0.2, -0.15) is 5.26 Å². The molecule has 0 atom stereocenters. The molecule has 0 aliphatic carbocycles. The van der Waals surface area contributed by atoms with Crippen molar-refractivity contribution in [2.45, 2.75) is 33.6 Å². The van der Waals surface area contributed by atoms with Crippen molar-refractivity contribution >= 4 is 5.69 Å². The van der Waals surface area contributed by atoms with Crippen molar-refractivity contribution in [3.05, 3.63) is 28.8 Å². The Bertz CT molecular complexity index is 402. The molecule has 0 heterocycles. The van der Waals surface area contributed by atoms with Crippen molar-refractivity contribution < 1.29 is 0 Å². The van der Waals surface area contributed by atoms with Crippen LogP contribution < -0.4 is 4.90 Å². The Morgan fingerprint density at radius 2 is 1.75 bits per heavy atom. The zero-order valence-electron chi connectivity index (χ0n) is 10.7. The molecule has 1 rings (SSSR count). The van der Waals surface area contributed by atoms with Gasteiger partial charge in [0.1, 0.15) is 0 Å². The van der Waals surface area contributed by atoms with Crippen LogP contribution in [0.25, 0.3) is 0 Å². The van der Waals surface area contributed by atoms with Gasteiger partial charge in [0.2, 0.25) is 0 Å². The SMILES string of the molecule is Cc1cc(C)c(N(C)CCCC#N)cc1C. The number of benzene rings is 1. The quantitative estimate of drug-likeness (QED) is 0.722. The van der Waals surface area contributed by atoms with E-state index in [0.29, 0.717) is 6.42 Å². The monoisotopic (exact) mass is 216 g/mol. The minimum atomic E-state index is 0.633. The minimum absolute atomic E-state index is 0.633. The molecule has 1 aromatic rings. The van der Waals surface area contributed by atoms with Crippen LogP contribution in [-0.2, 0) is 0 Å². The second kappa shape index (κ2) is 5.55. The first-order valence-corrected chi connectivity index (χ1v) is 5.72. The molecule has 0 aliphatic heterocycles. The van der Waals surface area contributed by atoms with Gasteiger partial charge in [-0.25, -0.2) is 0 Å². The third-order valence-electron chi connectivity index (χ3n) is 3.01. The number of hydrogen-bond donors (Lipinski definition) is 0. The van der Waals surface area contributed by atoms with Gasteiger partial charge in [-0.05, 0) is 49.9 Å². The maximum absolute atomic E-state index is 8.52. The molecule has 0 unspecified atom stereocenters. The largest absolute Gasteiger partial charge is 0.374 e. The highest BCUT2D eigenvalue weighted by Gasteiger charge is 2.06. The Balaban J connectivity index is 2.79. The van der Waals surface area contributed by atoms with Crippen LogP contribution in [0.3, 0.4) is 0 Å². The van der Waals surface area contributed by atoms with E-state index in [0.717, 1.165) is 13.0 Å². The summed E-state index contributed by atoms with van der Waals surface area (Å²) in [6.07, 6.45) is 1.56. The van der Waals surface area contributed by atoms with Crippen molar-refractivity contribution in [3.8, 4) is 6.07 Å². The van der Waals surface area contributed by atoms with Crippen LogP contribution in [0.5, 0.6) is 0 Å². The van der Waals surface area contributed by atoms with Gasteiger partial charge in [0.15, 0.2) is 0 Å². The Hall–Kier alpha value is -1.49. The van der Waals surface area contributed by atoms with E-state index in [-0.39, 0.29) is 0 Å². The van der Waals surface area contributed by atoms with E-state index in [4.69, 9.17) is 5.26 Å². The Kier molecular flexibility index (Phi) is 4.37. The summed E-state index contributed by atoms with van der Waals surface area (Å²) in [5.74, 6) is 0. The molecule has 0 radical (unpaired) electrons. The number of unbranched alkanes of at least 4 members (excludes halogenated alkanes) is 1. The molecule has 0 spiro atoms.